The number of carboxylic acids is 1. The monoisotopic (exact) mass is 233 g/mol. The molecule has 0 heterocycles. The number of hydrogen-bond acceptors (Lipinski definition) is 4. The molecule has 88 valence electrons. The second-order valence-electron chi connectivity index (χ2n) is 4.84. The first kappa shape index (κ1) is 13.5. The third-order valence-electron chi connectivity index (χ3n) is 3.44. The van der Waals surface area contributed by atoms with Crippen LogP contribution in [0.3, 0.4) is 0 Å². The molecular weight excluding hydrogens is 219 g/mol. The molecule has 0 bridgehead atoms. The Morgan fingerprint density at radius 2 is 1.71 bits per heavy atom. The van der Waals surface area contributed by atoms with Crippen molar-refractivity contribution >= 4 is 29.5 Å². The quantitative estimate of drug-likeness (QED) is 0.326. The van der Waals surface area contributed by atoms with E-state index in [-0.39, 0.29) is 11.5 Å². The second kappa shape index (κ2) is 4.03. The van der Waals surface area contributed by atoms with E-state index in [1.54, 1.807) is 21.8 Å². The predicted molar refractivity (Wildman–Crippen MR) is 71.6 cm³/mol. The van der Waals surface area contributed by atoms with Crippen LogP contribution in [0.15, 0.2) is 18.2 Å². The predicted octanol–water partition coefficient (Wildman–Crippen LogP) is -3.11. The van der Waals surface area contributed by atoms with Gasteiger partial charge in [-0.15, -0.1) is 0 Å². The van der Waals surface area contributed by atoms with E-state index in [1.165, 1.54) is 20.0 Å². The van der Waals surface area contributed by atoms with Crippen molar-refractivity contribution in [3.05, 3.63) is 23.8 Å². The first-order valence-corrected chi connectivity index (χ1v) is 5.15. The Kier molecular flexibility index (Phi) is 3.20. The standard InChI is InChI=1S/C9H14B3NO4/c10-8(11,9(12,13)7(16)17)4-1-2-5(14)6(15)3-4/h1-3,14-15H,10-13H2,(H,16,17). The van der Waals surface area contributed by atoms with Crippen LogP contribution in [0.25, 0.3) is 0 Å². The van der Waals surface area contributed by atoms with E-state index in [4.69, 9.17) is 10.8 Å². The lowest BCUT2D eigenvalue weighted by Gasteiger charge is -2.39. The van der Waals surface area contributed by atoms with Gasteiger partial charge in [0.15, 0.2) is 11.5 Å². The van der Waals surface area contributed by atoms with Crippen molar-refractivity contribution in [2.45, 2.75) is 10.7 Å². The minimum atomic E-state index is -1.49. The van der Waals surface area contributed by atoms with Crippen LogP contribution in [0.1, 0.15) is 5.56 Å². The minimum Gasteiger partial charge on any atom is -0.504 e. The summed E-state index contributed by atoms with van der Waals surface area (Å²) in [4.78, 5) is 11.2. The smallest absolute Gasteiger partial charge is 0.314 e. The number of carbonyl (C=O) groups is 1. The molecule has 0 aliphatic rings. The van der Waals surface area contributed by atoms with E-state index >= 15 is 0 Å². The van der Waals surface area contributed by atoms with Crippen molar-refractivity contribution in [3.8, 4) is 11.5 Å². The minimum absolute atomic E-state index is 0.251. The van der Waals surface area contributed by atoms with Crippen molar-refractivity contribution in [1.29, 1.82) is 0 Å². The van der Waals surface area contributed by atoms with E-state index in [0.29, 0.717) is 5.56 Å². The summed E-state index contributed by atoms with van der Waals surface area (Å²) in [5.74, 6) is -1.68. The molecule has 1 aromatic rings. The van der Waals surface area contributed by atoms with Gasteiger partial charge in [-0.3, -0.25) is 4.79 Å². The van der Waals surface area contributed by atoms with Crippen molar-refractivity contribution < 1.29 is 20.1 Å². The Morgan fingerprint density at radius 1 is 1.18 bits per heavy atom. The summed E-state index contributed by atoms with van der Waals surface area (Å²) in [6.45, 7) is 0. The lowest BCUT2D eigenvalue weighted by atomic mass is 9.37. The van der Waals surface area contributed by atoms with Crippen LogP contribution in [0.5, 0.6) is 11.5 Å². The number of phenols is 2. The molecule has 5 nitrogen and oxygen atoms in total. The molecule has 1 rings (SSSR count). The number of nitrogens with two attached hydrogens (primary N) is 1. The van der Waals surface area contributed by atoms with Crippen molar-refractivity contribution in [2.24, 2.45) is 5.73 Å². The van der Waals surface area contributed by atoms with Crippen LogP contribution in [-0.4, -0.2) is 50.3 Å². The van der Waals surface area contributed by atoms with Gasteiger partial charge in [-0.2, -0.15) is 0 Å². The highest BCUT2D eigenvalue weighted by Crippen LogP contribution is 2.32. The van der Waals surface area contributed by atoms with Crippen molar-refractivity contribution in [1.82, 2.24) is 0 Å². The van der Waals surface area contributed by atoms with E-state index < -0.39 is 16.6 Å². The van der Waals surface area contributed by atoms with Crippen LogP contribution in [0, 0.1) is 0 Å². The molecule has 0 saturated carbocycles. The number of aromatic hydroxyl groups is 2. The molecule has 0 aliphatic heterocycles. The van der Waals surface area contributed by atoms with Crippen molar-refractivity contribution in [2.75, 3.05) is 0 Å². The maximum atomic E-state index is 11.2. The number of rotatable bonds is 3. The van der Waals surface area contributed by atoms with Gasteiger partial charge < -0.3 is 21.1 Å². The average molecular weight is 233 g/mol. The van der Waals surface area contributed by atoms with E-state index in [1.807, 2.05) is 0 Å². The Bertz CT molecular complexity index is 462. The summed E-state index contributed by atoms with van der Waals surface area (Å²) >= 11 is 0. The molecule has 1 aromatic carbocycles. The second-order valence-corrected chi connectivity index (χ2v) is 4.84. The lowest BCUT2D eigenvalue weighted by Crippen LogP contribution is -2.65. The van der Waals surface area contributed by atoms with Crippen LogP contribution < -0.4 is 5.73 Å². The zero-order chi connectivity index (χ0) is 13.4. The molecule has 0 fully saturated rings. The zero-order valence-corrected chi connectivity index (χ0v) is 10.1. The molecule has 0 amide bonds. The van der Waals surface area contributed by atoms with Crippen LogP contribution in [0.4, 0.5) is 0 Å². The number of hydrogen-bond donors (Lipinski definition) is 4. The van der Waals surface area contributed by atoms with Gasteiger partial charge >= 0.3 is 5.97 Å². The van der Waals surface area contributed by atoms with Gasteiger partial charge in [0.1, 0.15) is 23.5 Å². The molecule has 0 radical (unpaired) electrons. The third-order valence-corrected chi connectivity index (χ3v) is 3.44. The topological polar surface area (TPSA) is 104 Å². The van der Waals surface area contributed by atoms with Gasteiger partial charge in [0.25, 0.3) is 0 Å². The van der Waals surface area contributed by atoms with E-state index in [2.05, 4.69) is 0 Å². The Morgan fingerprint density at radius 3 is 2.12 bits per heavy atom. The first-order valence-electron chi connectivity index (χ1n) is 5.15. The summed E-state index contributed by atoms with van der Waals surface area (Å²) in [6, 6.07) is 4.18. The summed E-state index contributed by atoms with van der Waals surface area (Å²) < 4.78 is 0. The van der Waals surface area contributed by atoms with Gasteiger partial charge in [0.2, 0.25) is 0 Å². The summed E-state index contributed by atoms with van der Waals surface area (Å²) in [5.41, 5.74) is 4.87. The van der Waals surface area contributed by atoms with E-state index in [0.717, 1.165) is 0 Å². The zero-order valence-electron chi connectivity index (χ0n) is 10.1. The highest BCUT2D eigenvalue weighted by atomic mass is 16.4. The number of benzene rings is 1. The van der Waals surface area contributed by atoms with Crippen molar-refractivity contribution in [3.63, 3.8) is 0 Å². The van der Waals surface area contributed by atoms with E-state index in [9.17, 15) is 15.0 Å². The van der Waals surface area contributed by atoms with Gasteiger partial charge in [0, 0.05) is 0 Å². The van der Waals surface area contributed by atoms with Crippen LogP contribution >= 0.6 is 0 Å². The first-order chi connectivity index (χ1) is 7.60. The SMILES string of the molecule is BC(N)(C(=O)O)C(B)(B)c1ccc(O)c(O)c1. The van der Waals surface area contributed by atoms with Gasteiger partial charge in [0.05, 0.1) is 5.44 Å². The molecule has 0 saturated heterocycles. The number of carboxylic acid groups (broad SMARTS) is 1. The maximum absolute atomic E-state index is 11.2. The van der Waals surface area contributed by atoms with Gasteiger partial charge in [-0.25, -0.2) is 0 Å². The third kappa shape index (κ3) is 2.13. The number of phenolic OH excluding ortho intramolecular Hbond substituents is 2. The molecule has 5 N–H and O–H groups in total. The highest BCUT2D eigenvalue weighted by Gasteiger charge is 2.44. The molecular formula is C9H14B3NO4. The molecule has 0 aromatic heterocycles. The largest absolute Gasteiger partial charge is 0.504 e. The number of aliphatic carboxylic acids is 1. The van der Waals surface area contributed by atoms with Gasteiger partial charge in [-0.05, 0) is 17.3 Å². The Balaban J connectivity index is 3.30. The normalized spacial score (nSPS) is 15.1. The lowest BCUT2D eigenvalue weighted by molar-refractivity contribution is -0.140. The fraction of sp³-hybridized carbons (Fsp3) is 0.222. The van der Waals surface area contributed by atoms with Gasteiger partial charge in [-0.1, -0.05) is 11.6 Å². The summed E-state index contributed by atoms with van der Waals surface area (Å²) in [6.07, 6.45) is 0. The molecule has 8 heteroatoms. The Labute approximate surface area is 102 Å². The molecule has 17 heavy (non-hydrogen) atoms. The molecule has 0 spiro atoms. The van der Waals surface area contributed by atoms with Crippen LogP contribution in [0.2, 0.25) is 0 Å². The highest BCUT2D eigenvalue weighted by molar-refractivity contribution is 6.49. The summed E-state index contributed by atoms with van der Waals surface area (Å²) in [7, 11) is 4.76. The molecule has 0 aliphatic carbocycles. The maximum Gasteiger partial charge on any atom is 0.314 e. The Hall–Kier alpha value is -1.56. The molecule has 1 unspecified atom stereocenters. The molecule has 1 atom stereocenters. The average Bonchev–Trinajstić information content (AvgIpc) is 2.21. The fourth-order valence-corrected chi connectivity index (χ4v) is 1.48. The fourth-order valence-electron chi connectivity index (χ4n) is 1.48. The van der Waals surface area contributed by atoms with Crippen LogP contribution in [-0.2, 0) is 10.0 Å². The summed E-state index contributed by atoms with van der Waals surface area (Å²) in [5, 5.41) is 26.9.